The molecule has 1 atom stereocenters. The Kier molecular flexibility index (Phi) is 6.87. The van der Waals surface area contributed by atoms with Crippen LogP contribution in [0, 0.1) is 0 Å². The molecule has 0 aliphatic carbocycles. The third kappa shape index (κ3) is 6.06. The van der Waals surface area contributed by atoms with Crippen LogP contribution in [0.5, 0.6) is 0 Å². The maximum Gasteiger partial charge on any atom is 0.178 e. The predicted molar refractivity (Wildman–Crippen MR) is 57.5 cm³/mol. The number of aliphatic hydroxyl groups is 1. The van der Waals surface area contributed by atoms with Crippen molar-refractivity contribution in [2.45, 2.75) is 19.1 Å². The van der Waals surface area contributed by atoms with Gasteiger partial charge in [0.15, 0.2) is 6.29 Å². The molecule has 0 saturated carbocycles. The molecule has 0 amide bonds. The maximum atomic E-state index is 9.34. The first-order valence-electron chi connectivity index (χ1n) is 5.63. The first-order valence-corrected chi connectivity index (χ1v) is 5.63. The molecule has 1 unspecified atom stereocenters. The van der Waals surface area contributed by atoms with Gasteiger partial charge in [0.25, 0.3) is 0 Å². The van der Waals surface area contributed by atoms with Gasteiger partial charge >= 0.3 is 0 Å². The summed E-state index contributed by atoms with van der Waals surface area (Å²) in [5.41, 5.74) is 5.24. The summed E-state index contributed by atoms with van der Waals surface area (Å²) in [4.78, 5) is 2.34. The topological polar surface area (TPSA) is 68.0 Å². The second kappa shape index (κ2) is 8.01. The van der Waals surface area contributed by atoms with E-state index in [4.69, 9.17) is 15.2 Å². The average Bonchev–Trinajstić information content (AvgIpc) is 2.71. The summed E-state index contributed by atoms with van der Waals surface area (Å²) in [5.74, 6) is 0. The van der Waals surface area contributed by atoms with Gasteiger partial charge in [-0.05, 0) is 25.9 Å². The van der Waals surface area contributed by atoms with E-state index in [9.17, 15) is 5.11 Å². The molecule has 1 fully saturated rings. The van der Waals surface area contributed by atoms with E-state index in [1.54, 1.807) is 0 Å². The number of nitrogens with two attached hydrogens (primary N) is 1. The van der Waals surface area contributed by atoms with Crippen molar-refractivity contribution in [2.24, 2.45) is 5.73 Å². The molecule has 1 aliphatic rings. The molecule has 1 saturated heterocycles. The van der Waals surface area contributed by atoms with Gasteiger partial charge in [0.05, 0.1) is 19.8 Å². The highest BCUT2D eigenvalue weighted by Crippen LogP contribution is 2.06. The lowest BCUT2D eigenvalue weighted by atomic mass is 10.4. The van der Waals surface area contributed by atoms with E-state index in [0.29, 0.717) is 19.8 Å². The lowest BCUT2D eigenvalue weighted by molar-refractivity contribution is -0.138. The van der Waals surface area contributed by atoms with Gasteiger partial charge < -0.3 is 25.2 Å². The summed E-state index contributed by atoms with van der Waals surface area (Å²) >= 11 is 0. The van der Waals surface area contributed by atoms with Crippen LogP contribution >= 0.6 is 0 Å². The minimum Gasteiger partial charge on any atom is -0.375 e. The quantitative estimate of drug-likeness (QED) is 0.420. The van der Waals surface area contributed by atoms with Crippen molar-refractivity contribution in [3.63, 3.8) is 0 Å². The third-order valence-corrected chi connectivity index (χ3v) is 2.44. The third-order valence-electron chi connectivity index (χ3n) is 2.44. The molecule has 3 N–H and O–H groups in total. The molecular formula is C10H22N2O3. The van der Waals surface area contributed by atoms with E-state index < -0.39 is 6.29 Å². The fourth-order valence-corrected chi connectivity index (χ4v) is 1.64. The number of rotatable bonds is 8. The van der Waals surface area contributed by atoms with Crippen LogP contribution in [0.3, 0.4) is 0 Å². The normalized spacial score (nSPS) is 19.6. The Hall–Kier alpha value is -0.200. The number of aliphatic hydroxyl groups excluding tert-OH is 1. The summed E-state index contributed by atoms with van der Waals surface area (Å²) in [6, 6.07) is 0. The maximum absolute atomic E-state index is 9.34. The van der Waals surface area contributed by atoms with Gasteiger partial charge in [-0.1, -0.05) is 0 Å². The largest absolute Gasteiger partial charge is 0.375 e. The number of hydrogen-bond acceptors (Lipinski definition) is 5. The van der Waals surface area contributed by atoms with E-state index in [2.05, 4.69) is 4.90 Å². The van der Waals surface area contributed by atoms with Gasteiger partial charge in [-0.2, -0.15) is 0 Å². The van der Waals surface area contributed by atoms with Gasteiger partial charge in [0, 0.05) is 13.1 Å². The highest BCUT2D eigenvalue weighted by atomic mass is 16.6. The van der Waals surface area contributed by atoms with Crippen LogP contribution in [-0.2, 0) is 9.47 Å². The van der Waals surface area contributed by atoms with Gasteiger partial charge in [-0.3, -0.25) is 0 Å². The van der Waals surface area contributed by atoms with Gasteiger partial charge in [0.1, 0.15) is 0 Å². The zero-order valence-electron chi connectivity index (χ0n) is 9.23. The Morgan fingerprint density at radius 1 is 1.27 bits per heavy atom. The van der Waals surface area contributed by atoms with Crippen molar-refractivity contribution in [1.29, 1.82) is 0 Å². The van der Waals surface area contributed by atoms with Crippen LogP contribution in [-0.4, -0.2) is 62.3 Å². The van der Waals surface area contributed by atoms with Crippen LogP contribution in [0.4, 0.5) is 0 Å². The molecule has 5 nitrogen and oxygen atoms in total. The van der Waals surface area contributed by atoms with E-state index in [1.165, 1.54) is 12.8 Å². The fourth-order valence-electron chi connectivity index (χ4n) is 1.64. The van der Waals surface area contributed by atoms with E-state index in [0.717, 1.165) is 19.6 Å². The molecular weight excluding hydrogens is 196 g/mol. The molecule has 0 aromatic rings. The van der Waals surface area contributed by atoms with E-state index in [1.807, 2.05) is 0 Å². The highest BCUT2D eigenvalue weighted by Gasteiger charge is 2.11. The molecule has 0 spiro atoms. The first kappa shape index (κ1) is 12.9. The Balaban J connectivity index is 1.89. The van der Waals surface area contributed by atoms with Crippen LogP contribution in [0.25, 0.3) is 0 Å². The monoisotopic (exact) mass is 218 g/mol. The van der Waals surface area contributed by atoms with Gasteiger partial charge in [-0.15, -0.1) is 0 Å². The molecule has 1 heterocycles. The summed E-state index contributed by atoms with van der Waals surface area (Å²) in [5, 5.41) is 9.34. The van der Waals surface area contributed by atoms with Crippen LogP contribution in [0.2, 0.25) is 0 Å². The van der Waals surface area contributed by atoms with Crippen molar-refractivity contribution in [3.05, 3.63) is 0 Å². The van der Waals surface area contributed by atoms with Crippen molar-refractivity contribution in [1.82, 2.24) is 4.90 Å². The Morgan fingerprint density at radius 3 is 2.67 bits per heavy atom. The van der Waals surface area contributed by atoms with Crippen LogP contribution in [0.1, 0.15) is 12.8 Å². The second-order valence-corrected chi connectivity index (χ2v) is 3.74. The number of likely N-dealkylation sites (tertiary alicyclic amines) is 1. The van der Waals surface area contributed by atoms with Crippen molar-refractivity contribution in [2.75, 3.05) is 46.0 Å². The molecule has 0 radical (unpaired) electrons. The highest BCUT2D eigenvalue weighted by molar-refractivity contribution is 4.65. The Labute approximate surface area is 91.1 Å². The number of ether oxygens (including phenoxy) is 2. The van der Waals surface area contributed by atoms with Crippen LogP contribution < -0.4 is 5.73 Å². The second-order valence-electron chi connectivity index (χ2n) is 3.74. The Bertz CT molecular complexity index is 152. The molecule has 15 heavy (non-hydrogen) atoms. The summed E-state index contributed by atoms with van der Waals surface area (Å²) in [6.45, 7) is 4.91. The minimum absolute atomic E-state index is 0.206. The van der Waals surface area contributed by atoms with E-state index >= 15 is 0 Å². The van der Waals surface area contributed by atoms with E-state index in [-0.39, 0.29) is 6.61 Å². The molecule has 0 bridgehead atoms. The first-order chi connectivity index (χ1) is 7.33. The summed E-state index contributed by atoms with van der Waals surface area (Å²) < 4.78 is 10.3. The number of nitrogens with zero attached hydrogens (tertiary/aromatic N) is 1. The fraction of sp³-hybridized carbons (Fsp3) is 1.00. The Morgan fingerprint density at radius 2 is 2.00 bits per heavy atom. The van der Waals surface area contributed by atoms with Gasteiger partial charge in [-0.25, -0.2) is 0 Å². The van der Waals surface area contributed by atoms with Crippen molar-refractivity contribution >= 4 is 0 Å². The number of hydrogen-bond donors (Lipinski definition) is 2. The summed E-state index contributed by atoms with van der Waals surface area (Å²) in [6.07, 6.45) is 1.74. The SMILES string of the molecule is NCCOCC(O)OCCN1CCCC1. The molecule has 0 aromatic carbocycles. The van der Waals surface area contributed by atoms with Gasteiger partial charge in [0.2, 0.25) is 0 Å². The predicted octanol–water partition coefficient (Wildman–Crippen LogP) is -0.607. The zero-order chi connectivity index (χ0) is 10.9. The molecule has 0 aromatic heterocycles. The summed E-state index contributed by atoms with van der Waals surface area (Å²) in [7, 11) is 0. The van der Waals surface area contributed by atoms with Crippen molar-refractivity contribution in [3.8, 4) is 0 Å². The lowest BCUT2D eigenvalue weighted by Gasteiger charge is -2.16. The molecule has 90 valence electrons. The smallest absolute Gasteiger partial charge is 0.178 e. The molecule has 5 heteroatoms. The minimum atomic E-state index is -0.820. The average molecular weight is 218 g/mol. The zero-order valence-corrected chi connectivity index (χ0v) is 9.23. The van der Waals surface area contributed by atoms with Crippen LogP contribution in [0.15, 0.2) is 0 Å². The molecule has 1 aliphatic heterocycles. The lowest BCUT2D eigenvalue weighted by Crippen LogP contribution is -2.28. The van der Waals surface area contributed by atoms with Crippen molar-refractivity contribution < 1.29 is 14.6 Å². The molecule has 1 rings (SSSR count). The standard InChI is InChI=1S/C10H22N2O3/c11-3-7-14-9-10(13)15-8-6-12-4-1-2-5-12/h10,13H,1-9,11H2.